The van der Waals surface area contributed by atoms with E-state index in [0.29, 0.717) is 25.7 Å². The monoisotopic (exact) mass is 453 g/mol. The van der Waals surface area contributed by atoms with Crippen LogP contribution in [0.4, 0.5) is 10.1 Å². The molecule has 1 heterocycles. The molecule has 2 aromatic rings. The molecule has 1 aliphatic carbocycles. The number of halogens is 1. The van der Waals surface area contributed by atoms with Gasteiger partial charge in [0.25, 0.3) is 0 Å². The van der Waals surface area contributed by atoms with Crippen LogP contribution in [0.1, 0.15) is 49.7 Å². The van der Waals surface area contributed by atoms with E-state index in [0.717, 1.165) is 36.2 Å². The Balaban J connectivity index is 1.37. The highest BCUT2D eigenvalue weighted by Gasteiger charge is 2.26. The molecule has 1 amide bonds. The van der Waals surface area contributed by atoms with E-state index in [4.69, 9.17) is 10.5 Å². The summed E-state index contributed by atoms with van der Waals surface area (Å²) in [5, 5.41) is 3.16. The predicted molar refractivity (Wildman–Crippen MR) is 130 cm³/mol. The van der Waals surface area contributed by atoms with Crippen molar-refractivity contribution in [3.8, 4) is 0 Å². The first kappa shape index (κ1) is 23.7. The Labute approximate surface area is 196 Å². The van der Waals surface area contributed by atoms with E-state index in [2.05, 4.69) is 10.2 Å². The van der Waals surface area contributed by atoms with Crippen molar-refractivity contribution in [2.45, 2.75) is 63.6 Å². The molecule has 4 rings (SSSR count). The van der Waals surface area contributed by atoms with Gasteiger partial charge in [-0.05, 0) is 48.1 Å². The topological polar surface area (TPSA) is 67.6 Å². The van der Waals surface area contributed by atoms with Gasteiger partial charge in [-0.15, -0.1) is 0 Å². The van der Waals surface area contributed by atoms with Gasteiger partial charge in [-0.25, -0.2) is 4.39 Å². The van der Waals surface area contributed by atoms with Crippen LogP contribution in [0.3, 0.4) is 0 Å². The number of nitrogens with zero attached hydrogens (tertiary/aromatic N) is 1. The summed E-state index contributed by atoms with van der Waals surface area (Å²) in [5.74, 6) is 0.236. The first-order valence-electron chi connectivity index (χ1n) is 12.3. The number of fused-ring (bicyclic) bond motifs is 1. The lowest BCUT2D eigenvalue weighted by Gasteiger charge is -2.29. The van der Waals surface area contributed by atoms with Crippen molar-refractivity contribution < 1.29 is 13.9 Å². The third-order valence-corrected chi connectivity index (χ3v) is 6.90. The first-order valence-corrected chi connectivity index (χ1v) is 12.3. The normalized spacial score (nSPS) is 18.1. The van der Waals surface area contributed by atoms with Crippen LogP contribution in [0.5, 0.6) is 0 Å². The molecule has 33 heavy (non-hydrogen) atoms. The molecule has 178 valence electrons. The third-order valence-electron chi connectivity index (χ3n) is 6.90. The Morgan fingerprint density at radius 2 is 1.94 bits per heavy atom. The minimum absolute atomic E-state index is 0.104. The molecule has 0 radical (unpaired) electrons. The van der Waals surface area contributed by atoms with Crippen LogP contribution in [0.2, 0.25) is 0 Å². The molecule has 3 N–H and O–H groups in total. The molecule has 5 nitrogen and oxygen atoms in total. The van der Waals surface area contributed by atoms with Gasteiger partial charge in [0.2, 0.25) is 5.91 Å². The quantitative estimate of drug-likeness (QED) is 0.566. The molecule has 2 aliphatic rings. The molecular weight excluding hydrogens is 417 g/mol. The molecule has 1 aliphatic heterocycles. The van der Waals surface area contributed by atoms with Gasteiger partial charge in [-0.1, -0.05) is 62.4 Å². The molecule has 0 unspecified atom stereocenters. The van der Waals surface area contributed by atoms with Gasteiger partial charge < -0.3 is 20.7 Å². The van der Waals surface area contributed by atoms with Crippen LogP contribution < -0.4 is 16.0 Å². The van der Waals surface area contributed by atoms with E-state index in [-0.39, 0.29) is 17.8 Å². The van der Waals surface area contributed by atoms with Gasteiger partial charge in [-0.3, -0.25) is 4.79 Å². The second-order valence-corrected chi connectivity index (χ2v) is 9.52. The van der Waals surface area contributed by atoms with E-state index in [9.17, 15) is 9.18 Å². The molecule has 1 saturated carbocycles. The lowest BCUT2D eigenvalue weighted by atomic mass is 9.85. The molecular formula is C27H36FN3O2. The van der Waals surface area contributed by atoms with Gasteiger partial charge in [0.15, 0.2) is 0 Å². The van der Waals surface area contributed by atoms with Crippen molar-refractivity contribution in [3.63, 3.8) is 0 Å². The van der Waals surface area contributed by atoms with Crippen molar-refractivity contribution >= 4 is 11.6 Å². The zero-order chi connectivity index (χ0) is 23.0. The van der Waals surface area contributed by atoms with E-state index >= 15 is 0 Å². The molecule has 0 bridgehead atoms. The number of amides is 1. The van der Waals surface area contributed by atoms with E-state index in [1.807, 2.05) is 36.4 Å². The van der Waals surface area contributed by atoms with Gasteiger partial charge in [-0.2, -0.15) is 0 Å². The van der Waals surface area contributed by atoms with Crippen molar-refractivity contribution in [3.05, 3.63) is 65.5 Å². The van der Waals surface area contributed by atoms with Crippen molar-refractivity contribution in [2.24, 2.45) is 11.7 Å². The maximum absolute atomic E-state index is 13.6. The highest BCUT2D eigenvalue weighted by atomic mass is 19.1. The Bertz CT molecular complexity index is 901. The summed E-state index contributed by atoms with van der Waals surface area (Å²) in [7, 11) is 0. The second-order valence-electron chi connectivity index (χ2n) is 9.52. The van der Waals surface area contributed by atoms with Gasteiger partial charge in [0.1, 0.15) is 5.82 Å². The average Bonchev–Trinajstić information content (AvgIpc) is 3.21. The Morgan fingerprint density at radius 3 is 2.73 bits per heavy atom. The van der Waals surface area contributed by atoms with Crippen LogP contribution >= 0.6 is 0 Å². The van der Waals surface area contributed by atoms with Crippen LogP contribution in [0, 0.1) is 11.7 Å². The molecule has 0 saturated heterocycles. The largest absolute Gasteiger partial charge is 0.375 e. The minimum atomic E-state index is -0.496. The first-order chi connectivity index (χ1) is 16.1. The van der Waals surface area contributed by atoms with Gasteiger partial charge in [0, 0.05) is 18.8 Å². The number of benzene rings is 2. The summed E-state index contributed by atoms with van der Waals surface area (Å²) in [6.45, 7) is 2.29. The highest BCUT2D eigenvalue weighted by Crippen LogP contribution is 2.29. The maximum atomic E-state index is 13.6. The van der Waals surface area contributed by atoms with E-state index in [1.165, 1.54) is 38.2 Å². The third kappa shape index (κ3) is 6.78. The SMILES string of the molecule is N[C@@H](CC1CCCCC1)C(=O)N[C@@H](COCc1ccccc1)CN1CCc2cc(F)ccc21. The molecule has 0 aromatic heterocycles. The van der Waals surface area contributed by atoms with Crippen molar-refractivity contribution in [1.29, 1.82) is 0 Å². The number of hydrogen-bond donors (Lipinski definition) is 2. The summed E-state index contributed by atoms with van der Waals surface area (Å²) >= 11 is 0. The maximum Gasteiger partial charge on any atom is 0.237 e. The number of carbonyl (C=O) groups is 1. The zero-order valence-electron chi connectivity index (χ0n) is 19.3. The van der Waals surface area contributed by atoms with Crippen LogP contribution in [-0.4, -0.2) is 37.7 Å². The fourth-order valence-electron chi connectivity index (χ4n) is 5.12. The summed E-state index contributed by atoms with van der Waals surface area (Å²) in [6, 6.07) is 14.2. The molecule has 2 atom stereocenters. The molecule has 2 aromatic carbocycles. The smallest absolute Gasteiger partial charge is 0.237 e. The number of carbonyl (C=O) groups excluding carboxylic acids is 1. The highest BCUT2D eigenvalue weighted by molar-refractivity contribution is 5.81. The summed E-state index contributed by atoms with van der Waals surface area (Å²) in [6.07, 6.45) is 7.67. The van der Waals surface area contributed by atoms with Crippen LogP contribution in [0.15, 0.2) is 48.5 Å². The molecule has 0 spiro atoms. The summed E-state index contributed by atoms with van der Waals surface area (Å²) in [5.41, 5.74) is 9.45. The number of nitrogens with one attached hydrogen (secondary N) is 1. The van der Waals surface area contributed by atoms with Gasteiger partial charge >= 0.3 is 0 Å². The number of hydrogen-bond acceptors (Lipinski definition) is 4. The van der Waals surface area contributed by atoms with E-state index in [1.54, 1.807) is 6.07 Å². The Hall–Kier alpha value is -2.44. The lowest BCUT2D eigenvalue weighted by Crippen LogP contribution is -2.51. The lowest BCUT2D eigenvalue weighted by molar-refractivity contribution is -0.124. The zero-order valence-corrected chi connectivity index (χ0v) is 19.3. The number of rotatable bonds is 10. The fourth-order valence-corrected chi connectivity index (χ4v) is 5.12. The standard InChI is InChI=1S/C27H36FN3O2/c28-23-11-12-26-22(16-23)13-14-31(26)17-24(19-33-18-21-9-5-2-6-10-21)30-27(32)25(29)15-20-7-3-1-4-8-20/h2,5-6,9-12,16,20,24-25H,1,3-4,7-8,13-15,17-19,29H2,(H,30,32)/t24-,25+/m1/s1. The number of anilines is 1. The minimum Gasteiger partial charge on any atom is -0.375 e. The predicted octanol–water partition coefficient (Wildman–Crippen LogP) is 4.19. The van der Waals surface area contributed by atoms with Crippen molar-refractivity contribution in [2.75, 3.05) is 24.6 Å². The van der Waals surface area contributed by atoms with E-state index < -0.39 is 6.04 Å². The molecule has 6 heteroatoms. The number of nitrogens with two attached hydrogens (primary N) is 1. The Morgan fingerprint density at radius 1 is 1.15 bits per heavy atom. The van der Waals surface area contributed by atoms with Gasteiger partial charge in [0.05, 0.1) is 25.3 Å². The summed E-state index contributed by atoms with van der Waals surface area (Å²) < 4.78 is 19.6. The number of ether oxygens (including phenoxy) is 1. The Kier molecular flexibility index (Phi) is 8.35. The van der Waals surface area contributed by atoms with Crippen molar-refractivity contribution in [1.82, 2.24) is 5.32 Å². The average molecular weight is 454 g/mol. The summed E-state index contributed by atoms with van der Waals surface area (Å²) in [4.78, 5) is 15.2. The molecule has 1 fully saturated rings. The van der Waals surface area contributed by atoms with Crippen LogP contribution in [0.25, 0.3) is 0 Å². The van der Waals surface area contributed by atoms with Crippen LogP contribution in [-0.2, 0) is 22.6 Å². The second kappa shape index (κ2) is 11.6. The fraction of sp³-hybridized carbons (Fsp3) is 0.519.